The van der Waals surface area contributed by atoms with Gasteiger partial charge in [-0.15, -0.1) is 0 Å². The van der Waals surface area contributed by atoms with Gasteiger partial charge in [0.1, 0.15) is 0 Å². The summed E-state index contributed by atoms with van der Waals surface area (Å²) in [7, 11) is 0. The second-order valence-electron chi connectivity index (χ2n) is 5.80. The van der Waals surface area contributed by atoms with Gasteiger partial charge in [0.25, 0.3) is 0 Å². The Kier molecular flexibility index (Phi) is 3.41. The van der Waals surface area contributed by atoms with Gasteiger partial charge in [-0.2, -0.15) is 0 Å². The number of carbonyl (C=O) groups is 1. The van der Waals surface area contributed by atoms with Crippen LogP contribution in [0.2, 0.25) is 0 Å². The summed E-state index contributed by atoms with van der Waals surface area (Å²) in [5.41, 5.74) is 3.20. The zero-order valence-corrected chi connectivity index (χ0v) is 11.5. The molecule has 1 aromatic carbocycles. The number of benzene rings is 1. The molecule has 19 heavy (non-hydrogen) atoms. The van der Waals surface area contributed by atoms with Gasteiger partial charge in [0.15, 0.2) is 5.78 Å². The van der Waals surface area contributed by atoms with E-state index in [1.807, 2.05) is 6.20 Å². The van der Waals surface area contributed by atoms with E-state index >= 15 is 0 Å². The third kappa shape index (κ3) is 2.44. The third-order valence-electron chi connectivity index (χ3n) is 4.33. The summed E-state index contributed by atoms with van der Waals surface area (Å²) in [4.78, 5) is 15.9. The number of nitrogens with one attached hydrogen (secondary N) is 1. The zero-order valence-electron chi connectivity index (χ0n) is 11.5. The SMILES string of the molecule is Cc1ccc2c(C(=O)C3CCCCCC3)c[nH]c2c1. The Morgan fingerprint density at radius 1 is 1.16 bits per heavy atom. The minimum atomic E-state index is 0.239. The fourth-order valence-electron chi connectivity index (χ4n) is 3.21. The van der Waals surface area contributed by atoms with Gasteiger partial charge in [-0.3, -0.25) is 4.79 Å². The number of ketones is 1. The van der Waals surface area contributed by atoms with Crippen LogP contribution in [0.15, 0.2) is 24.4 Å². The van der Waals surface area contributed by atoms with Gasteiger partial charge >= 0.3 is 0 Å². The average Bonchev–Trinajstić information content (AvgIpc) is 2.64. The van der Waals surface area contributed by atoms with Crippen molar-refractivity contribution in [3.63, 3.8) is 0 Å². The minimum absolute atomic E-state index is 0.239. The molecule has 0 unspecified atom stereocenters. The molecule has 3 rings (SSSR count). The molecule has 2 aromatic rings. The molecule has 1 fully saturated rings. The molecule has 0 bridgehead atoms. The number of aromatic amines is 1. The highest BCUT2D eigenvalue weighted by molar-refractivity contribution is 6.08. The molecule has 0 saturated heterocycles. The molecule has 2 heteroatoms. The Morgan fingerprint density at radius 2 is 1.89 bits per heavy atom. The molecular formula is C17H21NO. The number of aryl methyl sites for hydroxylation is 1. The first-order valence-corrected chi connectivity index (χ1v) is 7.37. The lowest BCUT2D eigenvalue weighted by Gasteiger charge is -2.11. The highest BCUT2D eigenvalue weighted by Crippen LogP contribution is 2.29. The van der Waals surface area contributed by atoms with Crippen LogP contribution < -0.4 is 0 Å². The standard InChI is InChI=1S/C17H21NO/c1-12-8-9-14-15(11-18-16(14)10-12)17(19)13-6-4-2-3-5-7-13/h8-11,13,18H,2-7H2,1H3. The Morgan fingerprint density at radius 3 is 2.63 bits per heavy atom. The van der Waals surface area contributed by atoms with Gasteiger partial charge in [0, 0.05) is 28.6 Å². The van der Waals surface area contributed by atoms with Crippen molar-refractivity contribution in [2.24, 2.45) is 5.92 Å². The van der Waals surface area contributed by atoms with E-state index in [1.165, 1.54) is 31.2 Å². The molecule has 1 saturated carbocycles. The summed E-state index contributed by atoms with van der Waals surface area (Å²) in [6, 6.07) is 6.27. The fraction of sp³-hybridized carbons (Fsp3) is 0.471. The van der Waals surface area contributed by atoms with Crippen molar-refractivity contribution < 1.29 is 4.79 Å². The van der Waals surface area contributed by atoms with Gasteiger partial charge < -0.3 is 4.98 Å². The smallest absolute Gasteiger partial charge is 0.168 e. The van der Waals surface area contributed by atoms with E-state index in [4.69, 9.17) is 0 Å². The monoisotopic (exact) mass is 255 g/mol. The Hall–Kier alpha value is -1.57. The van der Waals surface area contributed by atoms with Crippen molar-refractivity contribution >= 4 is 16.7 Å². The van der Waals surface area contributed by atoms with Crippen LogP contribution in [-0.2, 0) is 0 Å². The topological polar surface area (TPSA) is 32.9 Å². The van der Waals surface area contributed by atoms with Crippen molar-refractivity contribution in [1.29, 1.82) is 0 Å². The number of hydrogen-bond acceptors (Lipinski definition) is 1. The molecule has 1 heterocycles. The number of Topliss-reactive ketones (excluding diaryl/α,β-unsaturated/α-hetero) is 1. The molecule has 0 spiro atoms. The Bertz CT molecular complexity index is 588. The maximum absolute atomic E-state index is 12.7. The first kappa shape index (κ1) is 12.5. The first-order valence-electron chi connectivity index (χ1n) is 7.37. The summed E-state index contributed by atoms with van der Waals surface area (Å²) in [5.74, 6) is 0.583. The Labute approximate surface area is 114 Å². The lowest BCUT2D eigenvalue weighted by molar-refractivity contribution is 0.0909. The van der Waals surface area contributed by atoms with Gasteiger partial charge in [-0.25, -0.2) is 0 Å². The van der Waals surface area contributed by atoms with Crippen LogP contribution in [0.25, 0.3) is 10.9 Å². The highest BCUT2D eigenvalue weighted by Gasteiger charge is 2.23. The molecule has 0 amide bonds. The first-order chi connectivity index (χ1) is 9.25. The second kappa shape index (κ2) is 5.20. The molecule has 1 aliphatic carbocycles. The van der Waals surface area contributed by atoms with Gasteiger partial charge in [-0.1, -0.05) is 37.8 Å². The second-order valence-corrected chi connectivity index (χ2v) is 5.80. The number of carbonyl (C=O) groups excluding carboxylic acids is 1. The minimum Gasteiger partial charge on any atom is -0.360 e. The van der Waals surface area contributed by atoms with E-state index in [2.05, 4.69) is 30.1 Å². The van der Waals surface area contributed by atoms with Gasteiger partial charge in [0.05, 0.1) is 0 Å². The van der Waals surface area contributed by atoms with E-state index < -0.39 is 0 Å². The average molecular weight is 255 g/mol. The van der Waals surface area contributed by atoms with Crippen LogP contribution in [0.4, 0.5) is 0 Å². The molecule has 0 aliphatic heterocycles. The molecule has 1 aliphatic rings. The van der Waals surface area contributed by atoms with E-state index in [0.29, 0.717) is 5.78 Å². The van der Waals surface area contributed by atoms with Gasteiger partial charge in [-0.05, 0) is 31.4 Å². The lowest BCUT2D eigenvalue weighted by atomic mass is 9.91. The summed E-state index contributed by atoms with van der Waals surface area (Å²) in [5, 5.41) is 1.08. The fourth-order valence-corrected chi connectivity index (χ4v) is 3.21. The predicted octanol–water partition coefficient (Wildman–Crippen LogP) is 4.63. The van der Waals surface area contributed by atoms with E-state index in [0.717, 1.165) is 29.3 Å². The Balaban J connectivity index is 1.92. The van der Waals surface area contributed by atoms with Gasteiger partial charge in [0.2, 0.25) is 0 Å². The summed E-state index contributed by atoms with van der Waals surface area (Å²) in [6.07, 6.45) is 9.02. The van der Waals surface area contributed by atoms with E-state index in [9.17, 15) is 4.79 Å². The molecule has 1 aromatic heterocycles. The normalized spacial score (nSPS) is 17.5. The molecule has 0 atom stereocenters. The maximum Gasteiger partial charge on any atom is 0.168 e. The quantitative estimate of drug-likeness (QED) is 0.616. The maximum atomic E-state index is 12.7. The van der Waals surface area contributed by atoms with Crippen LogP contribution >= 0.6 is 0 Å². The predicted molar refractivity (Wildman–Crippen MR) is 78.6 cm³/mol. The van der Waals surface area contributed by atoms with Crippen LogP contribution in [0.5, 0.6) is 0 Å². The summed E-state index contributed by atoms with van der Waals surface area (Å²) >= 11 is 0. The largest absolute Gasteiger partial charge is 0.360 e. The molecule has 1 N–H and O–H groups in total. The molecule has 2 nitrogen and oxygen atoms in total. The summed E-state index contributed by atoms with van der Waals surface area (Å²) < 4.78 is 0. The molecular weight excluding hydrogens is 234 g/mol. The van der Waals surface area contributed by atoms with E-state index in [-0.39, 0.29) is 5.92 Å². The van der Waals surface area contributed by atoms with Crippen molar-refractivity contribution in [3.05, 3.63) is 35.5 Å². The van der Waals surface area contributed by atoms with Crippen molar-refractivity contribution in [3.8, 4) is 0 Å². The van der Waals surface area contributed by atoms with Crippen LogP contribution in [0, 0.1) is 12.8 Å². The number of hydrogen-bond donors (Lipinski definition) is 1. The van der Waals surface area contributed by atoms with Crippen LogP contribution in [0.3, 0.4) is 0 Å². The number of rotatable bonds is 2. The van der Waals surface area contributed by atoms with E-state index in [1.54, 1.807) is 0 Å². The third-order valence-corrected chi connectivity index (χ3v) is 4.33. The molecule has 100 valence electrons. The number of fused-ring (bicyclic) bond motifs is 1. The van der Waals surface area contributed by atoms with Crippen molar-refractivity contribution in [2.45, 2.75) is 45.4 Å². The summed E-state index contributed by atoms with van der Waals surface area (Å²) in [6.45, 7) is 2.08. The molecule has 0 radical (unpaired) electrons. The highest BCUT2D eigenvalue weighted by atomic mass is 16.1. The van der Waals surface area contributed by atoms with Crippen LogP contribution in [-0.4, -0.2) is 10.8 Å². The number of aromatic nitrogens is 1. The van der Waals surface area contributed by atoms with Crippen molar-refractivity contribution in [1.82, 2.24) is 4.98 Å². The number of H-pyrrole nitrogens is 1. The van der Waals surface area contributed by atoms with Crippen molar-refractivity contribution in [2.75, 3.05) is 0 Å². The van der Waals surface area contributed by atoms with Crippen LogP contribution in [0.1, 0.15) is 54.4 Å². The zero-order chi connectivity index (χ0) is 13.2. The lowest BCUT2D eigenvalue weighted by Crippen LogP contribution is -2.13.